The first-order chi connectivity index (χ1) is 11.3. The fourth-order valence-electron chi connectivity index (χ4n) is 2.50. The highest BCUT2D eigenvalue weighted by Gasteiger charge is 2.23. The molecule has 0 saturated carbocycles. The van der Waals surface area contributed by atoms with Crippen molar-refractivity contribution in [3.05, 3.63) is 41.2 Å². The zero-order valence-corrected chi connectivity index (χ0v) is 14.5. The van der Waals surface area contributed by atoms with Crippen molar-refractivity contribution in [1.29, 1.82) is 0 Å². The molecule has 0 amide bonds. The zero-order valence-electron chi connectivity index (χ0n) is 13.7. The Hall–Kier alpha value is -2.75. The van der Waals surface area contributed by atoms with Crippen molar-refractivity contribution >= 4 is 15.8 Å². The molecule has 3 rings (SSSR count). The maximum absolute atomic E-state index is 12.6. The summed E-state index contributed by atoms with van der Waals surface area (Å²) < 4.78 is 29.2. The van der Waals surface area contributed by atoms with Crippen LogP contribution in [0.15, 0.2) is 23.4 Å². The molecular weight excluding hydrogens is 330 g/mol. The molecule has 0 bridgehead atoms. The Morgan fingerprint density at radius 3 is 2.46 bits per heavy atom. The van der Waals surface area contributed by atoms with E-state index in [9.17, 15) is 8.42 Å². The number of H-pyrrole nitrogens is 1. The lowest BCUT2D eigenvalue weighted by molar-refractivity contribution is 0.600. The second-order valence-electron chi connectivity index (χ2n) is 5.47. The van der Waals surface area contributed by atoms with Gasteiger partial charge < -0.3 is 0 Å². The molecule has 3 heterocycles. The van der Waals surface area contributed by atoms with Crippen LogP contribution in [-0.2, 0) is 10.0 Å². The minimum atomic E-state index is -3.80. The van der Waals surface area contributed by atoms with Crippen molar-refractivity contribution < 1.29 is 8.42 Å². The lowest BCUT2D eigenvalue weighted by Gasteiger charge is -2.09. The van der Waals surface area contributed by atoms with Crippen LogP contribution in [0.5, 0.6) is 0 Å². The van der Waals surface area contributed by atoms with E-state index in [4.69, 9.17) is 0 Å². The molecule has 10 heteroatoms. The smallest absolute Gasteiger partial charge is 0.266 e. The summed E-state index contributed by atoms with van der Waals surface area (Å²) in [7, 11) is -3.80. The van der Waals surface area contributed by atoms with Crippen LogP contribution in [0.4, 0.5) is 5.82 Å². The van der Waals surface area contributed by atoms with Gasteiger partial charge in [-0.3, -0.25) is 9.82 Å². The highest BCUT2D eigenvalue weighted by Crippen LogP contribution is 2.20. The molecule has 0 aliphatic rings. The standard InChI is InChI=1S/C14H17N7O2S/c1-8-5-9(2)21(19-8)13-6-12(15-7-16-13)20-24(22,23)14-10(3)17-18-11(14)4/h5-7H,1-4H3,(H,17,18)(H,15,16,20). The molecule has 126 valence electrons. The van der Waals surface area contributed by atoms with E-state index in [0.29, 0.717) is 17.2 Å². The van der Waals surface area contributed by atoms with Crippen LogP contribution < -0.4 is 4.72 Å². The van der Waals surface area contributed by atoms with E-state index < -0.39 is 10.0 Å². The van der Waals surface area contributed by atoms with Gasteiger partial charge in [0.1, 0.15) is 17.0 Å². The van der Waals surface area contributed by atoms with E-state index in [2.05, 4.69) is 30.0 Å². The number of hydrogen-bond donors (Lipinski definition) is 2. The third-order valence-electron chi connectivity index (χ3n) is 3.45. The van der Waals surface area contributed by atoms with E-state index in [1.165, 1.54) is 12.4 Å². The zero-order chi connectivity index (χ0) is 17.5. The van der Waals surface area contributed by atoms with E-state index in [0.717, 1.165) is 11.4 Å². The molecule has 24 heavy (non-hydrogen) atoms. The monoisotopic (exact) mass is 347 g/mol. The number of rotatable bonds is 4. The number of anilines is 1. The van der Waals surface area contributed by atoms with Gasteiger partial charge >= 0.3 is 0 Å². The molecule has 0 fully saturated rings. The average Bonchev–Trinajstić information content (AvgIpc) is 3.00. The van der Waals surface area contributed by atoms with Gasteiger partial charge in [-0.05, 0) is 33.8 Å². The van der Waals surface area contributed by atoms with Crippen molar-refractivity contribution in [3.8, 4) is 5.82 Å². The topological polar surface area (TPSA) is 118 Å². The lowest BCUT2D eigenvalue weighted by atomic mass is 10.4. The molecule has 0 aromatic carbocycles. The van der Waals surface area contributed by atoms with Gasteiger partial charge in [0, 0.05) is 11.8 Å². The maximum Gasteiger partial charge on any atom is 0.266 e. The van der Waals surface area contributed by atoms with Gasteiger partial charge in [0.25, 0.3) is 10.0 Å². The molecule has 0 atom stereocenters. The maximum atomic E-state index is 12.6. The highest BCUT2D eigenvalue weighted by molar-refractivity contribution is 7.92. The van der Waals surface area contributed by atoms with Crippen molar-refractivity contribution in [3.63, 3.8) is 0 Å². The summed E-state index contributed by atoms with van der Waals surface area (Å²) in [5.41, 5.74) is 2.60. The average molecular weight is 347 g/mol. The van der Waals surface area contributed by atoms with Gasteiger partial charge in [-0.25, -0.2) is 23.1 Å². The van der Waals surface area contributed by atoms with Gasteiger partial charge in [-0.1, -0.05) is 0 Å². The normalized spacial score (nSPS) is 11.7. The van der Waals surface area contributed by atoms with Crippen LogP contribution in [0.2, 0.25) is 0 Å². The van der Waals surface area contributed by atoms with Crippen LogP contribution in [0.25, 0.3) is 5.82 Å². The summed E-state index contributed by atoms with van der Waals surface area (Å²) in [5, 5.41) is 10.9. The number of aromatic amines is 1. The second-order valence-corrected chi connectivity index (χ2v) is 7.09. The predicted molar refractivity (Wildman–Crippen MR) is 87.5 cm³/mol. The first kappa shape index (κ1) is 16.1. The van der Waals surface area contributed by atoms with Gasteiger partial charge in [-0.2, -0.15) is 10.2 Å². The third kappa shape index (κ3) is 2.87. The van der Waals surface area contributed by atoms with Crippen LogP contribution in [0, 0.1) is 27.7 Å². The molecule has 3 aromatic heterocycles. The third-order valence-corrected chi connectivity index (χ3v) is 5.06. The molecular formula is C14H17N7O2S. The van der Waals surface area contributed by atoms with Crippen molar-refractivity contribution in [2.24, 2.45) is 0 Å². The number of sulfonamides is 1. The summed E-state index contributed by atoms with van der Waals surface area (Å²) in [4.78, 5) is 8.25. The molecule has 0 radical (unpaired) electrons. The number of hydrogen-bond acceptors (Lipinski definition) is 6. The molecule has 0 aliphatic carbocycles. The van der Waals surface area contributed by atoms with Crippen LogP contribution in [0.3, 0.4) is 0 Å². The van der Waals surface area contributed by atoms with Gasteiger partial charge in [0.05, 0.1) is 17.1 Å². The van der Waals surface area contributed by atoms with E-state index >= 15 is 0 Å². The molecule has 2 N–H and O–H groups in total. The van der Waals surface area contributed by atoms with Gasteiger partial charge in [0.2, 0.25) is 0 Å². The summed E-state index contributed by atoms with van der Waals surface area (Å²) in [6.07, 6.45) is 1.29. The SMILES string of the molecule is Cc1cc(C)n(-c2cc(NS(=O)(=O)c3c(C)n[nH]c3C)ncn2)n1. The van der Waals surface area contributed by atoms with Crippen LogP contribution in [-0.4, -0.2) is 38.4 Å². The molecule has 0 unspecified atom stereocenters. The lowest BCUT2D eigenvalue weighted by Crippen LogP contribution is -2.16. The van der Waals surface area contributed by atoms with Crippen LogP contribution >= 0.6 is 0 Å². The number of aryl methyl sites for hydroxylation is 4. The Morgan fingerprint density at radius 2 is 1.88 bits per heavy atom. The minimum Gasteiger partial charge on any atom is -0.281 e. The van der Waals surface area contributed by atoms with E-state index in [1.54, 1.807) is 18.5 Å². The van der Waals surface area contributed by atoms with Crippen molar-refractivity contribution in [1.82, 2.24) is 29.9 Å². The van der Waals surface area contributed by atoms with E-state index in [-0.39, 0.29) is 10.7 Å². The fraction of sp³-hybridized carbons (Fsp3) is 0.286. The highest BCUT2D eigenvalue weighted by atomic mass is 32.2. The predicted octanol–water partition coefficient (Wildman–Crippen LogP) is 1.42. The molecule has 9 nitrogen and oxygen atoms in total. The number of nitrogens with one attached hydrogen (secondary N) is 2. The summed E-state index contributed by atoms with van der Waals surface area (Å²) in [5.74, 6) is 0.640. The second kappa shape index (κ2) is 5.71. The Bertz CT molecular complexity index is 985. The Kier molecular flexibility index (Phi) is 3.84. The van der Waals surface area contributed by atoms with Crippen LogP contribution in [0.1, 0.15) is 22.8 Å². The Morgan fingerprint density at radius 1 is 1.12 bits per heavy atom. The molecule has 0 aliphatic heterocycles. The largest absolute Gasteiger partial charge is 0.281 e. The quantitative estimate of drug-likeness (QED) is 0.737. The first-order valence-electron chi connectivity index (χ1n) is 7.18. The summed E-state index contributed by atoms with van der Waals surface area (Å²) >= 11 is 0. The van der Waals surface area contributed by atoms with Gasteiger partial charge in [0.15, 0.2) is 5.82 Å². The summed E-state index contributed by atoms with van der Waals surface area (Å²) in [6.45, 7) is 7.04. The minimum absolute atomic E-state index is 0.119. The number of nitrogens with zero attached hydrogens (tertiary/aromatic N) is 5. The van der Waals surface area contributed by atoms with Gasteiger partial charge in [-0.15, -0.1) is 0 Å². The Balaban J connectivity index is 1.97. The van der Waals surface area contributed by atoms with E-state index in [1.807, 2.05) is 19.9 Å². The van der Waals surface area contributed by atoms with Crippen molar-refractivity contribution in [2.45, 2.75) is 32.6 Å². The van der Waals surface area contributed by atoms with Crippen molar-refractivity contribution in [2.75, 3.05) is 4.72 Å². The first-order valence-corrected chi connectivity index (χ1v) is 8.66. The summed E-state index contributed by atoms with van der Waals surface area (Å²) in [6, 6.07) is 3.44. The molecule has 0 saturated heterocycles. The fourth-order valence-corrected chi connectivity index (χ4v) is 3.88. The number of aromatic nitrogens is 6. The Labute approximate surface area is 139 Å². The molecule has 3 aromatic rings. The molecule has 0 spiro atoms.